The van der Waals surface area contributed by atoms with Gasteiger partial charge in [0.15, 0.2) is 17.5 Å². The van der Waals surface area contributed by atoms with E-state index in [1.807, 2.05) is 23.6 Å². The molecule has 98 valence electrons. The van der Waals surface area contributed by atoms with Crippen molar-refractivity contribution in [3.63, 3.8) is 0 Å². The van der Waals surface area contributed by atoms with Gasteiger partial charge in [-0.05, 0) is 29.1 Å². The van der Waals surface area contributed by atoms with E-state index in [1.54, 1.807) is 0 Å². The lowest BCUT2D eigenvalue weighted by Crippen LogP contribution is -2.19. The highest BCUT2D eigenvalue weighted by Crippen LogP contribution is 2.20. The van der Waals surface area contributed by atoms with Crippen LogP contribution in [0.2, 0.25) is 0 Å². The van der Waals surface area contributed by atoms with Gasteiger partial charge in [-0.1, -0.05) is 6.07 Å². The normalized spacial score (nSPS) is 12.1. The van der Waals surface area contributed by atoms with Crippen LogP contribution < -0.4 is 5.32 Å². The smallest absolute Gasteiger partial charge is 0.194 e. The van der Waals surface area contributed by atoms with Gasteiger partial charge in [0, 0.05) is 11.4 Å². The third-order valence-corrected chi connectivity index (χ3v) is 3.41. The summed E-state index contributed by atoms with van der Waals surface area (Å²) in [7, 11) is 0. The second kappa shape index (κ2) is 5.87. The summed E-state index contributed by atoms with van der Waals surface area (Å²) < 4.78 is 39.0. The fourth-order valence-electron chi connectivity index (χ4n) is 1.60. The SMILES string of the molecule is N#CC(NCc1cccs1)c1cc(F)c(F)c(F)c1. The highest BCUT2D eigenvalue weighted by atomic mass is 32.1. The van der Waals surface area contributed by atoms with E-state index in [0.717, 1.165) is 17.0 Å². The van der Waals surface area contributed by atoms with Gasteiger partial charge >= 0.3 is 0 Å². The van der Waals surface area contributed by atoms with Gasteiger partial charge in [-0.2, -0.15) is 5.26 Å². The van der Waals surface area contributed by atoms with E-state index in [-0.39, 0.29) is 5.56 Å². The Balaban J connectivity index is 2.16. The van der Waals surface area contributed by atoms with Gasteiger partial charge in [0.05, 0.1) is 6.07 Å². The van der Waals surface area contributed by atoms with Crippen LogP contribution in [-0.4, -0.2) is 0 Å². The third kappa shape index (κ3) is 3.13. The van der Waals surface area contributed by atoms with Crippen molar-refractivity contribution < 1.29 is 13.2 Å². The van der Waals surface area contributed by atoms with Crippen molar-refractivity contribution in [2.24, 2.45) is 0 Å². The zero-order valence-electron chi connectivity index (χ0n) is 9.66. The highest BCUT2D eigenvalue weighted by molar-refractivity contribution is 7.09. The van der Waals surface area contributed by atoms with Crippen molar-refractivity contribution in [2.45, 2.75) is 12.6 Å². The fraction of sp³-hybridized carbons (Fsp3) is 0.154. The number of hydrogen-bond donors (Lipinski definition) is 1. The van der Waals surface area contributed by atoms with E-state index in [0.29, 0.717) is 6.54 Å². The van der Waals surface area contributed by atoms with Gasteiger partial charge in [0.2, 0.25) is 0 Å². The molecule has 1 aromatic carbocycles. The number of hydrogen-bond acceptors (Lipinski definition) is 3. The number of nitrogens with zero attached hydrogens (tertiary/aromatic N) is 1. The monoisotopic (exact) mass is 282 g/mol. The molecule has 2 rings (SSSR count). The van der Waals surface area contributed by atoms with Crippen molar-refractivity contribution in [1.82, 2.24) is 5.32 Å². The molecule has 0 aliphatic rings. The zero-order chi connectivity index (χ0) is 13.8. The molecule has 19 heavy (non-hydrogen) atoms. The largest absolute Gasteiger partial charge is 0.293 e. The van der Waals surface area contributed by atoms with Crippen molar-refractivity contribution in [3.8, 4) is 6.07 Å². The highest BCUT2D eigenvalue weighted by Gasteiger charge is 2.16. The minimum atomic E-state index is -1.53. The Kier molecular flexibility index (Phi) is 4.20. The molecule has 1 unspecified atom stereocenters. The summed E-state index contributed by atoms with van der Waals surface area (Å²) in [6.07, 6.45) is 0. The molecular formula is C13H9F3N2S. The molecule has 0 amide bonds. The van der Waals surface area contributed by atoms with Gasteiger partial charge in [0.1, 0.15) is 6.04 Å². The van der Waals surface area contributed by atoms with E-state index in [1.165, 1.54) is 11.3 Å². The van der Waals surface area contributed by atoms with Crippen LogP contribution in [0.5, 0.6) is 0 Å². The zero-order valence-corrected chi connectivity index (χ0v) is 10.5. The van der Waals surface area contributed by atoms with Crippen molar-refractivity contribution in [3.05, 3.63) is 57.5 Å². The first-order valence-corrected chi connectivity index (χ1v) is 6.29. The second-order valence-corrected chi connectivity index (χ2v) is 4.85. The van der Waals surface area contributed by atoms with Crippen LogP contribution in [0.25, 0.3) is 0 Å². The summed E-state index contributed by atoms with van der Waals surface area (Å²) in [6.45, 7) is 0.399. The first kappa shape index (κ1) is 13.6. The number of rotatable bonds is 4. The van der Waals surface area contributed by atoms with E-state index in [9.17, 15) is 13.2 Å². The summed E-state index contributed by atoms with van der Waals surface area (Å²) in [5.74, 6) is -4.12. The molecule has 0 aliphatic carbocycles. The standard InChI is InChI=1S/C13H9F3N2S/c14-10-4-8(5-11(15)13(10)16)12(6-17)18-7-9-2-1-3-19-9/h1-5,12,18H,7H2. The molecule has 0 aliphatic heterocycles. The Morgan fingerprint density at radius 3 is 2.47 bits per heavy atom. The maximum absolute atomic E-state index is 13.1. The summed E-state index contributed by atoms with van der Waals surface area (Å²) in [5.41, 5.74) is 0.0652. The number of nitrogens with one attached hydrogen (secondary N) is 1. The summed E-state index contributed by atoms with van der Waals surface area (Å²) in [4.78, 5) is 0.989. The summed E-state index contributed by atoms with van der Waals surface area (Å²) in [5, 5.41) is 13.8. The average molecular weight is 282 g/mol. The van der Waals surface area contributed by atoms with Crippen LogP contribution in [0.1, 0.15) is 16.5 Å². The van der Waals surface area contributed by atoms with E-state index in [2.05, 4.69) is 5.32 Å². The topological polar surface area (TPSA) is 35.8 Å². The van der Waals surface area contributed by atoms with E-state index >= 15 is 0 Å². The predicted octanol–water partition coefficient (Wildman–Crippen LogP) is 3.52. The Morgan fingerprint density at radius 2 is 1.95 bits per heavy atom. The molecule has 2 nitrogen and oxygen atoms in total. The molecule has 0 fully saturated rings. The molecule has 0 spiro atoms. The molecule has 6 heteroatoms. The van der Waals surface area contributed by atoms with Crippen LogP contribution in [0, 0.1) is 28.8 Å². The fourth-order valence-corrected chi connectivity index (χ4v) is 2.25. The van der Waals surface area contributed by atoms with Crippen LogP contribution >= 0.6 is 11.3 Å². The van der Waals surface area contributed by atoms with Gasteiger partial charge in [-0.25, -0.2) is 13.2 Å². The number of halogens is 3. The lowest BCUT2D eigenvalue weighted by atomic mass is 10.1. The van der Waals surface area contributed by atoms with Gasteiger partial charge < -0.3 is 0 Å². The minimum absolute atomic E-state index is 0.0652. The molecule has 0 saturated heterocycles. The number of nitriles is 1. The minimum Gasteiger partial charge on any atom is -0.293 e. The molecule has 2 aromatic rings. The van der Waals surface area contributed by atoms with Crippen molar-refractivity contribution >= 4 is 11.3 Å². The number of thiophene rings is 1. The maximum atomic E-state index is 13.1. The lowest BCUT2D eigenvalue weighted by Gasteiger charge is -2.11. The first-order valence-electron chi connectivity index (χ1n) is 5.41. The van der Waals surface area contributed by atoms with Crippen LogP contribution in [-0.2, 0) is 6.54 Å². The quantitative estimate of drug-likeness (QED) is 0.871. The van der Waals surface area contributed by atoms with Crippen LogP contribution in [0.15, 0.2) is 29.6 Å². The molecule has 1 heterocycles. The average Bonchev–Trinajstić information content (AvgIpc) is 2.89. The molecule has 1 N–H and O–H groups in total. The molecule has 1 aromatic heterocycles. The summed E-state index contributed by atoms with van der Waals surface area (Å²) in [6, 6.07) is 6.38. The van der Waals surface area contributed by atoms with Gasteiger partial charge in [-0.15, -0.1) is 11.3 Å². The molecular weight excluding hydrogens is 273 g/mol. The maximum Gasteiger partial charge on any atom is 0.194 e. The number of benzene rings is 1. The lowest BCUT2D eigenvalue weighted by molar-refractivity contribution is 0.443. The van der Waals surface area contributed by atoms with Gasteiger partial charge in [-0.3, -0.25) is 5.32 Å². The third-order valence-electron chi connectivity index (χ3n) is 2.53. The Hall–Kier alpha value is -1.84. The van der Waals surface area contributed by atoms with E-state index < -0.39 is 23.5 Å². The van der Waals surface area contributed by atoms with Crippen molar-refractivity contribution in [1.29, 1.82) is 5.26 Å². The second-order valence-electron chi connectivity index (χ2n) is 3.82. The Morgan fingerprint density at radius 1 is 1.26 bits per heavy atom. The predicted molar refractivity (Wildman–Crippen MR) is 65.8 cm³/mol. The molecule has 0 radical (unpaired) electrons. The van der Waals surface area contributed by atoms with E-state index in [4.69, 9.17) is 5.26 Å². The van der Waals surface area contributed by atoms with Gasteiger partial charge in [0.25, 0.3) is 0 Å². The Labute approximate surface area is 112 Å². The van der Waals surface area contributed by atoms with Crippen LogP contribution in [0.3, 0.4) is 0 Å². The molecule has 0 bridgehead atoms. The summed E-state index contributed by atoms with van der Waals surface area (Å²) >= 11 is 1.50. The Bertz CT molecular complexity index is 582. The molecule has 0 saturated carbocycles. The molecule has 1 atom stereocenters. The van der Waals surface area contributed by atoms with Crippen molar-refractivity contribution in [2.75, 3.05) is 0 Å². The van der Waals surface area contributed by atoms with Crippen LogP contribution in [0.4, 0.5) is 13.2 Å². The first-order chi connectivity index (χ1) is 9.11.